The molecule has 1 heteroatoms. The number of fused-ring (bicyclic) bond motifs is 3. The van der Waals surface area contributed by atoms with Gasteiger partial charge in [-0.15, -0.1) is 13.2 Å². The Kier molecular flexibility index (Phi) is 6.38. The van der Waals surface area contributed by atoms with Crippen LogP contribution in [0.2, 0.25) is 0 Å². The smallest absolute Gasteiger partial charge is 0.0441 e. The minimum atomic E-state index is -0.292. The molecule has 4 aromatic rings. The molecule has 0 amide bonds. The molecular formula is C33H31N. The van der Waals surface area contributed by atoms with E-state index in [-0.39, 0.29) is 5.41 Å². The van der Waals surface area contributed by atoms with Gasteiger partial charge in [-0.05, 0) is 64.4 Å². The summed E-state index contributed by atoms with van der Waals surface area (Å²) in [6.45, 7) is 14.5. The fraction of sp³-hybridized carbons (Fsp3) is 0.0909. The third-order valence-electron chi connectivity index (χ3n) is 6.90. The molecule has 34 heavy (non-hydrogen) atoms. The van der Waals surface area contributed by atoms with E-state index in [1.807, 2.05) is 18.2 Å². The van der Waals surface area contributed by atoms with Crippen LogP contribution in [-0.4, -0.2) is 0 Å². The molecule has 2 N–H and O–H groups in total. The highest BCUT2D eigenvalue weighted by molar-refractivity contribution is 5.96. The normalized spacial score (nSPS) is 16.1. The van der Waals surface area contributed by atoms with Gasteiger partial charge in [0.1, 0.15) is 0 Å². The van der Waals surface area contributed by atoms with Gasteiger partial charge in [0, 0.05) is 16.7 Å². The fourth-order valence-electron chi connectivity index (χ4n) is 5.35. The lowest BCUT2D eigenvalue weighted by Gasteiger charge is -2.31. The summed E-state index contributed by atoms with van der Waals surface area (Å²) < 4.78 is 0. The van der Waals surface area contributed by atoms with Gasteiger partial charge < -0.3 is 5.73 Å². The number of hydrogen-bond acceptors (Lipinski definition) is 1. The maximum absolute atomic E-state index is 6.43. The molecule has 0 bridgehead atoms. The second kappa shape index (κ2) is 9.41. The lowest BCUT2D eigenvalue weighted by Crippen LogP contribution is -2.24. The van der Waals surface area contributed by atoms with Crippen LogP contribution in [0.5, 0.6) is 0 Å². The molecule has 0 spiro atoms. The molecular weight excluding hydrogens is 410 g/mol. The molecule has 0 radical (unpaired) electrons. The van der Waals surface area contributed by atoms with Crippen molar-refractivity contribution in [1.82, 2.24) is 0 Å². The second-order valence-electron chi connectivity index (χ2n) is 8.48. The third-order valence-corrected chi connectivity index (χ3v) is 6.90. The molecule has 1 unspecified atom stereocenters. The van der Waals surface area contributed by atoms with Gasteiger partial charge in [0.25, 0.3) is 0 Å². The molecule has 5 rings (SSSR count). The third kappa shape index (κ3) is 3.41. The predicted molar refractivity (Wildman–Crippen MR) is 149 cm³/mol. The molecule has 0 saturated carbocycles. The van der Waals surface area contributed by atoms with Crippen LogP contribution in [0.3, 0.4) is 0 Å². The average Bonchev–Trinajstić information content (AvgIpc) is 3.16. The monoisotopic (exact) mass is 441 g/mol. The van der Waals surface area contributed by atoms with Gasteiger partial charge in [0.05, 0.1) is 0 Å². The first-order valence-corrected chi connectivity index (χ1v) is 11.6. The van der Waals surface area contributed by atoms with Gasteiger partial charge >= 0.3 is 0 Å². The molecule has 168 valence electrons. The van der Waals surface area contributed by atoms with Crippen LogP contribution >= 0.6 is 0 Å². The number of anilines is 1. The Balaban J connectivity index is 0.00000133. The Labute approximate surface area is 203 Å². The van der Waals surface area contributed by atoms with Crippen molar-refractivity contribution in [3.8, 4) is 22.3 Å². The predicted octanol–water partition coefficient (Wildman–Crippen LogP) is 8.66. The first kappa shape index (κ1) is 23.1. The number of nitrogens with two attached hydrogens (primary N) is 1. The Hall–Kier alpha value is -4.10. The second-order valence-corrected chi connectivity index (χ2v) is 8.48. The lowest BCUT2D eigenvalue weighted by atomic mass is 9.71. The number of benzene rings is 4. The van der Waals surface area contributed by atoms with Crippen LogP contribution in [-0.2, 0) is 5.41 Å². The summed E-state index contributed by atoms with van der Waals surface area (Å²) in [5, 5.41) is 0. The summed E-state index contributed by atoms with van der Waals surface area (Å²) in [5.74, 6) is 0. The van der Waals surface area contributed by atoms with Crippen LogP contribution in [0.25, 0.3) is 27.8 Å². The molecule has 0 fully saturated rings. The molecule has 1 atom stereocenters. The molecule has 0 saturated heterocycles. The van der Waals surface area contributed by atoms with Gasteiger partial charge in [-0.3, -0.25) is 0 Å². The molecule has 0 aliphatic heterocycles. The van der Waals surface area contributed by atoms with Crippen LogP contribution in [0.1, 0.15) is 36.1 Å². The van der Waals surface area contributed by atoms with Gasteiger partial charge in [0.15, 0.2) is 0 Å². The van der Waals surface area contributed by atoms with E-state index in [4.69, 9.17) is 5.73 Å². The van der Waals surface area contributed by atoms with E-state index >= 15 is 0 Å². The maximum atomic E-state index is 6.43. The van der Waals surface area contributed by atoms with E-state index < -0.39 is 0 Å². The molecule has 4 aromatic carbocycles. The molecule has 0 heterocycles. The average molecular weight is 442 g/mol. The number of para-hydroxylation sites is 1. The van der Waals surface area contributed by atoms with Gasteiger partial charge in [-0.2, -0.15) is 0 Å². The quantitative estimate of drug-likeness (QED) is 0.191. The number of nitrogen functional groups attached to an aromatic ring is 1. The van der Waals surface area contributed by atoms with Crippen molar-refractivity contribution in [3.63, 3.8) is 0 Å². The first-order valence-electron chi connectivity index (χ1n) is 11.6. The topological polar surface area (TPSA) is 26.0 Å². The van der Waals surface area contributed by atoms with Gasteiger partial charge in [0.2, 0.25) is 0 Å². The molecule has 1 aliphatic carbocycles. The summed E-state index contributed by atoms with van der Waals surface area (Å²) in [6, 6.07) is 32.3. The van der Waals surface area contributed by atoms with Crippen molar-refractivity contribution >= 4 is 11.3 Å². The SMILES string of the molecule is C=C.C=C/C(=C\C)c1ccccc1C1(C)c2ccccc2-c2c(-c3ccccc3N)cccc21. The van der Waals surface area contributed by atoms with E-state index in [9.17, 15) is 0 Å². The first-order chi connectivity index (χ1) is 16.6. The summed E-state index contributed by atoms with van der Waals surface area (Å²) >= 11 is 0. The Morgan fingerprint density at radius 2 is 1.26 bits per heavy atom. The summed E-state index contributed by atoms with van der Waals surface area (Å²) in [4.78, 5) is 0. The summed E-state index contributed by atoms with van der Waals surface area (Å²) in [6.07, 6.45) is 4.09. The minimum Gasteiger partial charge on any atom is -0.398 e. The van der Waals surface area contributed by atoms with Gasteiger partial charge in [-0.25, -0.2) is 0 Å². The van der Waals surface area contributed by atoms with E-state index in [1.54, 1.807) is 0 Å². The molecule has 0 aromatic heterocycles. The largest absolute Gasteiger partial charge is 0.398 e. The highest BCUT2D eigenvalue weighted by Crippen LogP contribution is 2.56. The van der Waals surface area contributed by atoms with E-state index in [2.05, 4.69) is 119 Å². The van der Waals surface area contributed by atoms with Crippen molar-refractivity contribution in [1.29, 1.82) is 0 Å². The standard InChI is InChI=1S/C31H27N.C2H4/c1-4-21(5-2)22-13-6-9-17-26(22)31(3)27-18-10-7-15-25(27)30-24(16-12-19-28(30)31)23-14-8-11-20-29(23)32;1-2/h4-20H,1,32H2,2-3H3;1-2H2/b21-5+;. The highest BCUT2D eigenvalue weighted by Gasteiger charge is 2.42. The van der Waals surface area contributed by atoms with Crippen molar-refractivity contribution in [3.05, 3.63) is 145 Å². The zero-order chi connectivity index (χ0) is 24.3. The van der Waals surface area contributed by atoms with Crippen LogP contribution in [0.4, 0.5) is 5.69 Å². The highest BCUT2D eigenvalue weighted by atomic mass is 14.6. The zero-order valence-electron chi connectivity index (χ0n) is 20.0. The summed E-state index contributed by atoms with van der Waals surface area (Å²) in [5.41, 5.74) is 18.0. The molecule has 1 aliphatic rings. The van der Waals surface area contributed by atoms with E-state index in [0.717, 1.165) is 16.8 Å². The van der Waals surface area contributed by atoms with Gasteiger partial charge in [-0.1, -0.05) is 104 Å². The lowest BCUT2D eigenvalue weighted by molar-refractivity contribution is 0.711. The zero-order valence-corrected chi connectivity index (χ0v) is 20.0. The fourth-order valence-corrected chi connectivity index (χ4v) is 5.35. The number of allylic oxidation sites excluding steroid dienone is 3. The summed E-state index contributed by atoms with van der Waals surface area (Å²) in [7, 11) is 0. The minimum absolute atomic E-state index is 0.292. The van der Waals surface area contributed by atoms with Crippen LogP contribution in [0, 0.1) is 0 Å². The van der Waals surface area contributed by atoms with Crippen molar-refractivity contribution in [2.24, 2.45) is 0 Å². The van der Waals surface area contributed by atoms with Crippen molar-refractivity contribution in [2.45, 2.75) is 19.3 Å². The van der Waals surface area contributed by atoms with Crippen LogP contribution in [0.15, 0.2) is 123 Å². The maximum Gasteiger partial charge on any atom is 0.0441 e. The van der Waals surface area contributed by atoms with E-state index in [1.165, 1.54) is 38.9 Å². The Bertz CT molecular complexity index is 1390. The van der Waals surface area contributed by atoms with Crippen LogP contribution < -0.4 is 5.73 Å². The number of hydrogen-bond donors (Lipinski definition) is 1. The molecule has 1 nitrogen and oxygen atoms in total. The van der Waals surface area contributed by atoms with Crippen molar-refractivity contribution < 1.29 is 0 Å². The Morgan fingerprint density at radius 3 is 1.94 bits per heavy atom. The Morgan fingerprint density at radius 1 is 0.706 bits per heavy atom. The van der Waals surface area contributed by atoms with Crippen molar-refractivity contribution in [2.75, 3.05) is 5.73 Å². The van der Waals surface area contributed by atoms with E-state index in [0.29, 0.717) is 0 Å². The number of rotatable bonds is 4.